The molecule has 0 heterocycles. The Labute approximate surface area is 130 Å². The number of hydrogen-bond acceptors (Lipinski definition) is 3. The first kappa shape index (κ1) is 15.9. The highest BCUT2D eigenvalue weighted by atomic mass is 35.5. The summed E-state index contributed by atoms with van der Waals surface area (Å²) < 4.78 is 23.7. The van der Waals surface area contributed by atoms with Gasteiger partial charge in [0.05, 0.1) is 4.90 Å². The number of benzene rings is 2. The molecule has 0 aliphatic rings. The van der Waals surface area contributed by atoms with E-state index in [0.717, 1.165) is 12.1 Å². The minimum absolute atomic E-state index is 0.272. The summed E-state index contributed by atoms with van der Waals surface area (Å²) in [6.07, 6.45) is 2.15. The summed E-state index contributed by atoms with van der Waals surface area (Å²) in [5.74, 6) is 0. The molecule has 0 saturated carbocycles. The zero-order chi connectivity index (χ0) is 15.5. The van der Waals surface area contributed by atoms with Crippen molar-refractivity contribution in [3.8, 4) is 0 Å². The van der Waals surface area contributed by atoms with Crippen LogP contribution in [0, 0.1) is 0 Å². The third kappa shape index (κ3) is 3.99. The van der Waals surface area contributed by atoms with Crippen LogP contribution < -0.4 is 5.32 Å². The van der Waals surface area contributed by atoms with Crippen molar-refractivity contribution in [2.24, 2.45) is 0 Å². The quantitative estimate of drug-likeness (QED) is 0.907. The Kier molecular flexibility index (Phi) is 4.91. The lowest BCUT2D eigenvalue weighted by molar-refractivity contribution is 0.601. The van der Waals surface area contributed by atoms with Crippen molar-refractivity contribution in [2.45, 2.75) is 24.8 Å². The van der Waals surface area contributed by atoms with Gasteiger partial charge in [-0.25, -0.2) is 8.42 Å². The molecule has 0 radical (unpaired) electrons. The minimum Gasteiger partial charge on any atom is -0.381 e. The first-order chi connectivity index (χ1) is 9.91. The lowest BCUT2D eigenvalue weighted by Crippen LogP contribution is -2.08. The molecule has 112 valence electrons. The maximum absolute atomic E-state index is 11.8. The third-order valence-electron chi connectivity index (χ3n) is 3.28. The number of sulfone groups is 1. The minimum atomic E-state index is -3.30. The Bertz CT molecular complexity index is 742. The molecule has 0 aromatic heterocycles. The van der Waals surface area contributed by atoms with E-state index in [4.69, 9.17) is 11.6 Å². The topological polar surface area (TPSA) is 46.2 Å². The summed E-state index contributed by atoms with van der Waals surface area (Å²) in [5, 5.41) is 3.70. The van der Waals surface area contributed by atoms with E-state index in [9.17, 15) is 8.42 Å². The number of halogens is 1. The molecule has 2 rings (SSSR count). The highest BCUT2D eigenvalue weighted by molar-refractivity contribution is 7.90. The molecule has 0 atom stereocenters. The standard InChI is InChI=1S/C16H18ClNO2S/c1-3-12-6-4-7-13(10-12)18-11-14-15(17)8-5-9-16(14)21(2,19)20/h4-10,18H,3,11H2,1-2H3. The second kappa shape index (κ2) is 6.50. The fourth-order valence-corrected chi connectivity index (χ4v) is 3.40. The van der Waals surface area contributed by atoms with Gasteiger partial charge in [-0.1, -0.05) is 36.7 Å². The molecule has 1 N–H and O–H groups in total. The van der Waals surface area contributed by atoms with E-state index in [1.54, 1.807) is 18.2 Å². The van der Waals surface area contributed by atoms with E-state index in [2.05, 4.69) is 24.4 Å². The highest BCUT2D eigenvalue weighted by Crippen LogP contribution is 2.25. The van der Waals surface area contributed by atoms with Crippen LogP contribution >= 0.6 is 11.6 Å². The Morgan fingerprint density at radius 1 is 1.14 bits per heavy atom. The van der Waals surface area contributed by atoms with Gasteiger partial charge in [0.15, 0.2) is 9.84 Å². The lowest BCUT2D eigenvalue weighted by atomic mass is 10.1. The van der Waals surface area contributed by atoms with Crippen molar-refractivity contribution in [1.29, 1.82) is 0 Å². The van der Waals surface area contributed by atoms with Crippen LogP contribution in [0.25, 0.3) is 0 Å². The Morgan fingerprint density at radius 3 is 2.52 bits per heavy atom. The normalized spacial score (nSPS) is 11.4. The third-order valence-corrected chi connectivity index (χ3v) is 4.82. The van der Waals surface area contributed by atoms with Crippen LogP contribution in [0.5, 0.6) is 0 Å². The molecule has 2 aromatic carbocycles. The number of anilines is 1. The van der Waals surface area contributed by atoms with Crippen LogP contribution in [0.4, 0.5) is 5.69 Å². The van der Waals surface area contributed by atoms with E-state index in [1.807, 2.05) is 12.1 Å². The second-order valence-corrected chi connectivity index (χ2v) is 7.29. The summed E-state index contributed by atoms with van der Waals surface area (Å²) in [5.41, 5.74) is 2.78. The van der Waals surface area contributed by atoms with Crippen LogP contribution in [0.3, 0.4) is 0 Å². The number of aryl methyl sites for hydroxylation is 1. The summed E-state index contributed by atoms with van der Waals surface area (Å²) in [7, 11) is -3.30. The lowest BCUT2D eigenvalue weighted by Gasteiger charge is -2.12. The maximum atomic E-state index is 11.8. The van der Waals surface area contributed by atoms with Crippen LogP contribution in [-0.4, -0.2) is 14.7 Å². The predicted octanol–water partition coefficient (Wildman–Crippen LogP) is 3.92. The van der Waals surface area contributed by atoms with Gasteiger partial charge in [0.2, 0.25) is 0 Å². The first-order valence-electron chi connectivity index (χ1n) is 6.72. The Balaban J connectivity index is 2.28. The van der Waals surface area contributed by atoms with Crippen LogP contribution in [0.1, 0.15) is 18.1 Å². The van der Waals surface area contributed by atoms with Crippen molar-refractivity contribution < 1.29 is 8.42 Å². The monoisotopic (exact) mass is 323 g/mol. The molecule has 21 heavy (non-hydrogen) atoms. The molecule has 0 aliphatic heterocycles. The van der Waals surface area contributed by atoms with E-state index in [-0.39, 0.29) is 4.90 Å². The van der Waals surface area contributed by atoms with Crippen molar-refractivity contribution in [3.05, 3.63) is 58.6 Å². The Morgan fingerprint density at radius 2 is 1.86 bits per heavy atom. The molecular weight excluding hydrogens is 306 g/mol. The van der Waals surface area contributed by atoms with Crippen molar-refractivity contribution in [1.82, 2.24) is 0 Å². The summed E-state index contributed by atoms with van der Waals surface area (Å²) in [6.45, 7) is 2.46. The van der Waals surface area contributed by atoms with Gasteiger partial charge in [0.1, 0.15) is 0 Å². The average Bonchev–Trinajstić information content (AvgIpc) is 2.45. The first-order valence-corrected chi connectivity index (χ1v) is 8.99. The smallest absolute Gasteiger partial charge is 0.175 e. The number of nitrogens with one attached hydrogen (secondary N) is 1. The fraction of sp³-hybridized carbons (Fsp3) is 0.250. The molecule has 2 aromatic rings. The molecule has 0 unspecified atom stereocenters. The highest BCUT2D eigenvalue weighted by Gasteiger charge is 2.15. The van der Waals surface area contributed by atoms with Crippen molar-refractivity contribution in [3.63, 3.8) is 0 Å². The summed E-state index contributed by atoms with van der Waals surface area (Å²) >= 11 is 6.16. The molecule has 0 amide bonds. The largest absolute Gasteiger partial charge is 0.381 e. The van der Waals surface area contributed by atoms with Gasteiger partial charge in [0.25, 0.3) is 0 Å². The molecule has 0 saturated heterocycles. The van der Waals surface area contributed by atoms with Crippen LogP contribution in [0.15, 0.2) is 47.4 Å². The summed E-state index contributed by atoms with van der Waals surface area (Å²) in [4.78, 5) is 0.272. The molecule has 0 spiro atoms. The number of rotatable bonds is 5. The zero-order valence-electron chi connectivity index (χ0n) is 12.1. The van der Waals surface area contributed by atoms with Gasteiger partial charge >= 0.3 is 0 Å². The van der Waals surface area contributed by atoms with Crippen LogP contribution in [-0.2, 0) is 22.8 Å². The number of hydrogen-bond donors (Lipinski definition) is 1. The van der Waals surface area contributed by atoms with E-state index in [1.165, 1.54) is 11.8 Å². The van der Waals surface area contributed by atoms with Crippen molar-refractivity contribution in [2.75, 3.05) is 11.6 Å². The SMILES string of the molecule is CCc1cccc(NCc2c(Cl)cccc2S(C)(=O)=O)c1. The van der Waals surface area contributed by atoms with E-state index in [0.29, 0.717) is 17.1 Å². The average molecular weight is 324 g/mol. The second-order valence-electron chi connectivity index (χ2n) is 4.90. The van der Waals surface area contributed by atoms with Gasteiger partial charge in [-0.05, 0) is 36.2 Å². The van der Waals surface area contributed by atoms with E-state index >= 15 is 0 Å². The maximum Gasteiger partial charge on any atom is 0.175 e. The molecule has 0 bridgehead atoms. The Hall–Kier alpha value is -1.52. The van der Waals surface area contributed by atoms with Gasteiger partial charge < -0.3 is 5.32 Å². The van der Waals surface area contributed by atoms with E-state index < -0.39 is 9.84 Å². The van der Waals surface area contributed by atoms with Crippen molar-refractivity contribution >= 4 is 27.1 Å². The van der Waals surface area contributed by atoms with Gasteiger partial charge in [-0.15, -0.1) is 0 Å². The summed E-state index contributed by atoms with van der Waals surface area (Å²) in [6, 6.07) is 13.0. The fourth-order valence-electron chi connectivity index (χ4n) is 2.15. The van der Waals surface area contributed by atoms with Gasteiger partial charge in [-0.2, -0.15) is 0 Å². The van der Waals surface area contributed by atoms with Gasteiger partial charge in [-0.3, -0.25) is 0 Å². The van der Waals surface area contributed by atoms with Gasteiger partial charge in [0, 0.05) is 29.1 Å². The molecule has 0 fully saturated rings. The molecule has 0 aliphatic carbocycles. The molecule has 3 nitrogen and oxygen atoms in total. The zero-order valence-corrected chi connectivity index (χ0v) is 13.6. The molecule has 5 heteroatoms. The molecular formula is C16H18ClNO2S. The van der Waals surface area contributed by atoms with Crippen LogP contribution in [0.2, 0.25) is 5.02 Å². The predicted molar refractivity (Wildman–Crippen MR) is 87.7 cm³/mol.